The third kappa shape index (κ3) is 1.85. The first-order valence-corrected chi connectivity index (χ1v) is 3.25. The summed E-state index contributed by atoms with van der Waals surface area (Å²) in [5.74, 6) is 0. The average molecular weight is 154 g/mol. The number of rotatable bonds is 2. The Morgan fingerprint density at radius 3 is 2.80 bits per heavy atom. The highest BCUT2D eigenvalue weighted by molar-refractivity contribution is 6.30. The van der Waals surface area contributed by atoms with E-state index < -0.39 is 0 Å². The van der Waals surface area contributed by atoms with Crippen molar-refractivity contribution in [1.82, 2.24) is 0 Å². The molecule has 0 aliphatic carbocycles. The summed E-state index contributed by atoms with van der Waals surface area (Å²) in [5, 5.41) is 0.649. The molecule has 0 heterocycles. The molecule has 0 unspecified atom stereocenters. The van der Waals surface area contributed by atoms with Crippen LogP contribution in [0.2, 0.25) is 5.02 Å². The van der Waals surface area contributed by atoms with Crippen molar-refractivity contribution in [2.24, 2.45) is 0 Å². The van der Waals surface area contributed by atoms with Crippen LogP contribution in [-0.4, -0.2) is 6.29 Å². The normalized spacial score (nSPS) is 9.30. The predicted molar refractivity (Wildman–Crippen MR) is 40.9 cm³/mol. The van der Waals surface area contributed by atoms with E-state index in [-0.39, 0.29) is 0 Å². The second-order valence-corrected chi connectivity index (χ2v) is 2.29. The van der Waals surface area contributed by atoms with Crippen LogP contribution in [0.3, 0.4) is 0 Å². The van der Waals surface area contributed by atoms with E-state index in [0.717, 1.165) is 11.8 Å². The standard InChI is InChI=1S/C8H6ClO/c9-8-3-1-2-7(6-8)4-5-10/h1-6H. The molecule has 1 aromatic carbocycles. The molecule has 10 heavy (non-hydrogen) atoms. The highest BCUT2D eigenvalue weighted by Gasteiger charge is 1.91. The van der Waals surface area contributed by atoms with E-state index in [1.54, 1.807) is 18.2 Å². The molecule has 2 heteroatoms. The van der Waals surface area contributed by atoms with Gasteiger partial charge in [-0.2, -0.15) is 0 Å². The summed E-state index contributed by atoms with van der Waals surface area (Å²) in [6.07, 6.45) is 2.21. The first-order valence-electron chi connectivity index (χ1n) is 2.87. The van der Waals surface area contributed by atoms with Gasteiger partial charge in [0.2, 0.25) is 0 Å². The molecule has 0 amide bonds. The maximum absolute atomic E-state index is 9.99. The van der Waals surface area contributed by atoms with Crippen molar-refractivity contribution in [3.8, 4) is 0 Å². The number of hydrogen-bond donors (Lipinski definition) is 0. The molecule has 0 saturated heterocycles. The highest BCUT2D eigenvalue weighted by atomic mass is 35.5. The van der Waals surface area contributed by atoms with Gasteiger partial charge in [0.1, 0.15) is 6.29 Å². The van der Waals surface area contributed by atoms with E-state index in [2.05, 4.69) is 0 Å². The monoisotopic (exact) mass is 153 g/mol. The zero-order valence-corrected chi connectivity index (χ0v) is 6.01. The number of benzene rings is 1. The quantitative estimate of drug-likeness (QED) is 0.595. The van der Waals surface area contributed by atoms with Gasteiger partial charge in [-0.05, 0) is 17.7 Å². The van der Waals surface area contributed by atoms with E-state index in [4.69, 9.17) is 11.6 Å². The van der Waals surface area contributed by atoms with Crippen LogP contribution < -0.4 is 0 Å². The number of halogens is 1. The Morgan fingerprint density at radius 2 is 2.20 bits per heavy atom. The van der Waals surface area contributed by atoms with Crippen molar-refractivity contribution in [2.45, 2.75) is 0 Å². The maximum atomic E-state index is 9.99. The topological polar surface area (TPSA) is 17.1 Å². The zero-order valence-electron chi connectivity index (χ0n) is 5.25. The Labute approximate surface area is 64.6 Å². The second kappa shape index (κ2) is 3.37. The number of hydrogen-bond acceptors (Lipinski definition) is 1. The fraction of sp³-hybridized carbons (Fsp3) is 0. The van der Waals surface area contributed by atoms with Gasteiger partial charge in [-0.15, -0.1) is 0 Å². The summed E-state index contributed by atoms with van der Waals surface area (Å²) in [6.45, 7) is 0. The van der Waals surface area contributed by atoms with Crippen LogP contribution >= 0.6 is 11.6 Å². The Morgan fingerprint density at radius 1 is 1.40 bits per heavy atom. The van der Waals surface area contributed by atoms with Crippen LogP contribution in [0.15, 0.2) is 24.3 Å². The third-order valence-electron chi connectivity index (χ3n) is 1.11. The van der Waals surface area contributed by atoms with Gasteiger partial charge in [0.15, 0.2) is 0 Å². The number of carbonyl (C=O) groups excluding carboxylic acids is 1. The predicted octanol–water partition coefficient (Wildman–Crippen LogP) is 2.09. The molecule has 1 radical (unpaired) electrons. The molecule has 0 aromatic heterocycles. The van der Waals surface area contributed by atoms with Crippen molar-refractivity contribution >= 4 is 17.9 Å². The van der Waals surface area contributed by atoms with Crippen LogP contribution in [0.25, 0.3) is 0 Å². The fourth-order valence-electron chi connectivity index (χ4n) is 0.689. The Bertz CT molecular complexity index is 232. The lowest BCUT2D eigenvalue weighted by Gasteiger charge is -1.92. The minimum absolute atomic E-state index is 0.649. The molecule has 0 spiro atoms. The van der Waals surface area contributed by atoms with E-state index in [1.807, 2.05) is 6.07 Å². The Balaban J connectivity index is 2.84. The molecule has 0 aliphatic heterocycles. The Hall–Kier alpha value is -0.820. The zero-order chi connectivity index (χ0) is 7.40. The van der Waals surface area contributed by atoms with Crippen molar-refractivity contribution < 1.29 is 4.79 Å². The SMILES string of the molecule is O=C[CH]c1cccc(Cl)c1. The summed E-state index contributed by atoms with van der Waals surface area (Å²) in [6, 6.07) is 7.12. The second-order valence-electron chi connectivity index (χ2n) is 1.86. The number of aldehydes is 1. The lowest BCUT2D eigenvalue weighted by Crippen LogP contribution is -1.80. The molecule has 0 N–H and O–H groups in total. The van der Waals surface area contributed by atoms with E-state index >= 15 is 0 Å². The molecule has 0 atom stereocenters. The molecule has 0 saturated carbocycles. The Kier molecular flexibility index (Phi) is 2.46. The molecule has 1 nitrogen and oxygen atoms in total. The largest absolute Gasteiger partial charge is 0.303 e. The third-order valence-corrected chi connectivity index (χ3v) is 1.34. The van der Waals surface area contributed by atoms with Gasteiger partial charge in [-0.3, -0.25) is 0 Å². The molecule has 1 aromatic rings. The van der Waals surface area contributed by atoms with Crippen molar-refractivity contribution in [2.75, 3.05) is 0 Å². The molecule has 0 aliphatic rings. The maximum Gasteiger partial charge on any atom is 0.128 e. The van der Waals surface area contributed by atoms with Gasteiger partial charge in [-0.25, -0.2) is 0 Å². The molecular weight excluding hydrogens is 148 g/mol. The first kappa shape index (κ1) is 7.29. The minimum atomic E-state index is 0.649. The van der Waals surface area contributed by atoms with Gasteiger partial charge in [0, 0.05) is 5.02 Å². The molecular formula is C8H6ClO. The van der Waals surface area contributed by atoms with Crippen molar-refractivity contribution in [1.29, 1.82) is 0 Å². The minimum Gasteiger partial charge on any atom is -0.303 e. The summed E-state index contributed by atoms with van der Waals surface area (Å²) < 4.78 is 0. The summed E-state index contributed by atoms with van der Waals surface area (Å²) in [7, 11) is 0. The van der Waals surface area contributed by atoms with Gasteiger partial charge in [0.25, 0.3) is 0 Å². The molecule has 1 rings (SSSR count). The summed E-state index contributed by atoms with van der Waals surface area (Å²) in [4.78, 5) is 9.99. The highest BCUT2D eigenvalue weighted by Crippen LogP contribution is 2.10. The van der Waals surface area contributed by atoms with E-state index in [9.17, 15) is 4.79 Å². The lowest BCUT2D eigenvalue weighted by atomic mass is 10.2. The van der Waals surface area contributed by atoms with Gasteiger partial charge in [-0.1, -0.05) is 23.7 Å². The van der Waals surface area contributed by atoms with Crippen LogP contribution in [0, 0.1) is 6.42 Å². The summed E-state index contributed by atoms with van der Waals surface area (Å²) in [5.41, 5.74) is 0.836. The van der Waals surface area contributed by atoms with Crippen LogP contribution in [0.1, 0.15) is 5.56 Å². The van der Waals surface area contributed by atoms with Gasteiger partial charge < -0.3 is 4.79 Å². The molecule has 0 bridgehead atoms. The fourth-order valence-corrected chi connectivity index (χ4v) is 0.888. The molecule has 51 valence electrons. The molecule has 0 fully saturated rings. The van der Waals surface area contributed by atoms with Crippen molar-refractivity contribution in [3.05, 3.63) is 41.3 Å². The smallest absolute Gasteiger partial charge is 0.128 e. The van der Waals surface area contributed by atoms with Gasteiger partial charge >= 0.3 is 0 Å². The van der Waals surface area contributed by atoms with Crippen LogP contribution in [-0.2, 0) is 4.79 Å². The van der Waals surface area contributed by atoms with E-state index in [0.29, 0.717) is 5.02 Å². The van der Waals surface area contributed by atoms with Crippen LogP contribution in [0.4, 0.5) is 0 Å². The van der Waals surface area contributed by atoms with Crippen LogP contribution in [0.5, 0.6) is 0 Å². The summed E-state index contributed by atoms with van der Waals surface area (Å²) >= 11 is 5.64. The van der Waals surface area contributed by atoms with Gasteiger partial charge in [0.05, 0.1) is 6.42 Å². The average Bonchev–Trinajstić information content (AvgIpc) is 1.88. The first-order chi connectivity index (χ1) is 4.83. The lowest BCUT2D eigenvalue weighted by molar-refractivity contribution is -0.104. The number of carbonyl (C=O) groups is 1. The van der Waals surface area contributed by atoms with E-state index in [1.165, 1.54) is 6.42 Å². The van der Waals surface area contributed by atoms with Crippen molar-refractivity contribution in [3.63, 3.8) is 0 Å².